The number of hydrogen-bond donors (Lipinski definition) is 3. The van der Waals surface area contributed by atoms with Gasteiger partial charge in [0.1, 0.15) is 0 Å². The first-order valence-electron chi connectivity index (χ1n) is 12.8. The summed E-state index contributed by atoms with van der Waals surface area (Å²) in [5.74, 6) is -0.116. The molecule has 6 nitrogen and oxygen atoms in total. The summed E-state index contributed by atoms with van der Waals surface area (Å²) >= 11 is 0. The number of amides is 1. The molecule has 1 aliphatic rings. The minimum atomic E-state index is -0.444. The second-order valence-corrected chi connectivity index (χ2v) is 10.00. The Morgan fingerprint density at radius 2 is 1.59 bits per heavy atom. The van der Waals surface area contributed by atoms with Crippen molar-refractivity contribution in [3.8, 4) is 0 Å². The molecule has 3 aromatic rings. The summed E-state index contributed by atoms with van der Waals surface area (Å²) in [5.41, 5.74) is 12.1. The van der Waals surface area contributed by atoms with Gasteiger partial charge in [0, 0.05) is 16.8 Å². The molecule has 4 rings (SSSR count). The molecule has 0 radical (unpaired) electrons. The molecular formula is C31H35N3O3. The normalized spacial score (nSPS) is 14.4. The zero-order chi connectivity index (χ0) is 26.7. The Balaban J connectivity index is 1.77. The zero-order valence-corrected chi connectivity index (χ0v) is 22.1. The van der Waals surface area contributed by atoms with Crippen LogP contribution in [0.4, 0.5) is 11.4 Å². The number of nitrogens with one attached hydrogen (secondary N) is 2. The van der Waals surface area contributed by atoms with Crippen molar-refractivity contribution in [3.63, 3.8) is 0 Å². The van der Waals surface area contributed by atoms with Crippen molar-refractivity contribution in [2.75, 3.05) is 17.2 Å². The topological polar surface area (TPSA) is 93.4 Å². The van der Waals surface area contributed by atoms with Gasteiger partial charge in [0.2, 0.25) is 0 Å². The van der Waals surface area contributed by atoms with Crippen LogP contribution in [-0.2, 0) is 15.1 Å². The number of anilines is 2. The van der Waals surface area contributed by atoms with Crippen molar-refractivity contribution < 1.29 is 14.3 Å². The second kappa shape index (κ2) is 10.6. The molecule has 0 aromatic heterocycles. The Morgan fingerprint density at radius 3 is 2.19 bits per heavy atom. The van der Waals surface area contributed by atoms with Gasteiger partial charge in [0.05, 0.1) is 29.1 Å². The molecule has 1 heterocycles. The van der Waals surface area contributed by atoms with Gasteiger partial charge in [-0.2, -0.15) is 0 Å². The van der Waals surface area contributed by atoms with Crippen LogP contribution < -0.4 is 16.4 Å². The van der Waals surface area contributed by atoms with Gasteiger partial charge in [-0.1, -0.05) is 76.2 Å². The number of carbonyl (C=O) groups excluding carboxylic acids is 2. The number of benzene rings is 3. The highest BCUT2D eigenvalue weighted by atomic mass is 16.5. The van der Waals surface area contributed by atoms with Crippen LogP contribution in [0.3, 0.4) is 0 Å². The van der Waals surface area contributed by atoms with E-state index >= 15 is 0 Å². The molecule has 1 aliphatic heterocycles. The quantitative estimate of drug-likeness (QED) is 0.252. The van der Waals surface area contributed by atoms with E-state index < -0.39 is 11.5 Å². The Bertz CT molecular complexity index is 1320. The van der Waals surface area contributed by atoms with E-state index in [1.165, 1.54) is 0 Å². The van der Waals surface area contributed by atoms with E-state index in [1.54, 1.807) is 25.1 Å². The minimum absolute atomic E-state index is 0.237. The van der Waals surface area contributed by atoms with Crippen LogP contribution >= 0.6 is 0 Å². The molecule has 0 unspecified atom stereocenters. The zero-order valence-electron chi connectivity index (χ0n) is 22.1. The second-order valence-electron chi connectivity index (χ2n) is 10.00. The number of hydrogen-bond acceptors (Lipinski definition) is 5. The number of fused-ring (bicyclic) bond motifs is 1. The molecule has 0 fully saturated rings. The summed E-state index contributed by atoms with van der Waals surface area (Å²) in [7, 11) is 0. The SMILES string of the molecule is CCOC(=O)c1ccc2c(c1)NC(=O)/C2=C(\Nc1ccc(C(N)(C(C)C)C(C)C)cc1)c1ccccc1. The van der Waals surface area contributed by atoms with Crippen molar-refractivity contribution in [2.24, 2.45) is 17.6 Å². The maximum Gasteiger partial charge on any atom is 0.338 e. The highest BCUT2D eigenvalue weighted by molar-refractivity contribution is 6.37. The molecule has 3 aromatic carbocycles. The molecule has 192 valence electrons. The van der Waals surface area contributed by atoms with Crippen molar-refractivity contribution in [2.45, 2.75) is 40.2 Å². The third kappa shape index (κ3) is 5.02. The Morgan fingerprint density at radius 1 is 0.946 bits per heavy atom. The average Bonchev–Trinajstić information content (AvgIpc) is 3.22. The first-order valence-corrected chi connectivity index (χ1v) is 12.8. The molecule has 0 bridgehead atoms. The first kappa shape index (κ1) is 26.2. The van der Waals surface area contributed by atoms with Crippen LogP contribution in [0.15, 0.2) is 72.8 Å². The predicted molar refractivity (Wildman–Crippen MR) is 150 cm³/mol. The smallest absolute Gasteiger partial charge is 0.338 e. The molecule has 0 spiro atoms. The maximum atomic E-state index is 13.2. The lowest BCUT2D eigenvalue weighted by Crippen LogP contribution is -2.46. The summed E-state index contributed by atoms with van der Waals surface area (Å²) in [6.45, 7) is 10.6. The van der Waals surface area contributed by atoms with Gasteiger partial charge in [0.25, 0.3) is 5.91 Å². The van der Waals surface area contributed by atoms with Crippen molar-refractivity contribution in [1.82, 2.24) is 0 Å². The van der Waals surface area contributed by atoms with Crippen LogP contribution in [0, 0.1) is 11.8 Å². The Kier molecular flexibility index (Phi) is 7.50. The van der Waals surface area contributed by atoms with Gasteiger partial charge in [-0.15, -0.1) is 0 Å². The van der Waals surface area contributed by atoms with Crippen LogP contribution in [0.25, 0.3) is 11.3 Å². The lowest BCUT2D eigenvalue weighted by Gasteiger charge is -2.38. The number of nitrogens with two attached hydrogens (primary N) is 1. The highest BCUT2D eigenvalue weighted by Gasteiger charge is 2.34. The molecule has 0 atom stereocenters. The molecule has 0 saturated heterocycles. The lowest BCUT2D eigenvalue weighted by atomic mass is 9.73. The molecule has 37 heavy (non-hydrogen) atoms. The highest BCUT2D eigenvalue weighted by Crippen LogP contribution is 2.39. The molecule has 6 heteroatoms. The first-order chi connectivity index (χ1) is 17.7. The third-order valence-corrected chi connectivity index (χ3v) is 7.15. The molecular weight excluding hydrogens is 462 g/mol. The van der Waals surface area contributed by atoms with Gasteiger partial charge >= 0.3 is 5.97 Å². The Labute approximate surface area is 218 Å². The summed E-state index contributed by atoms with van der Waals surface area (Å²) in [5, 5.41) is 6.40. The van der Waals surface area contributed by atoms with E-state index in [1.807, 2.05) is 42.5 Å². The fourth-order valence-electron chi connectivity index (χ4n) is 4.97. The van der Waals surface area contributed by atoms with Gasteiger partial charge in [0.15, 0.2) is 0 Å². The maximum absolute atomic E-state index is 13.2. The van der Waals surface area contributed by atoms with E-state index in [9.17, 15) is 9.59 Å². The van der Waals surface area contributed by atoms with Crippen molar-refractivity contribution in [1.29, 1.82) is 0 Å². The Hall–Kier alpha value is -3.90. The number of esters is 1. The third-order valence-electron chi connectivity index (χ3n) is 7.15. The van der Waals surface area contributed by atoms with Gasteiger partial charge in [-0.3, -0.25) is 4.79 Å². The minimum Gasteiger partial charge on any atom is -0.462 e. The van der Waals surface area contributed by atoms with Crippen molar-refractivity contribution >= 4 is 34.5 Å². The summed E-state index contributed by atoms with van der Waals surface area (Å²) in [4.78, 5) is 25.5. The van der Waals surface area contributed by atoms with E-state index in [0.29, 0.717) is 22.5 Å². The van der Waals surface area contributed by atoms with Crippen LogP contribution in [0.5, 0.6) is 0 Å². The van der Waals surface area contributed by atoms with Crippen LogP contribution in [0.2, 0.25) is 0 Å². The fraction of sp³-hybridized carbons (Fsp3) is 0.290. The number of carbonyl (C=O) groups is 2. The largest absolute Gasteiger partial charge is 0.462 e. The molecule has 0 saturated carbocycles. The van der Waals surface area contributed by atoms with Crippen LogP contribution in [0.1, 0.15) is 61.7 Å². The molecule has 0 aliphatic carbocycles. The van der Waals surface area contributed by atoms with Gasteiger partial charge in [-0.05, 0) is 54.2 Å². The van der Waals surface area contributed by atoms with E-state index in [4.69, 9.17) is 10.5 Å². The predicted octanol–water partition coefficient (Wildman–Crippen LogP) is 6.26. The van der Waals surface area contributed by atoms with Crippen LogP contribution in [-0.4, -0.2) is 18.5 Å². The fourth-order valence-corrected chi connectivity index (χ4v) is 4.97. The van der Waals surface area contributed by atoms with Gasteiger partial charge in [-0.25, -0.2) is 4.79 Å². The molecule has 4 N–H and O–H groups in total. The van der Waals surface area contributed by atoms with Gasteiger partial charge < -0.3 is 21.1 Å². The standard InChI is InChI=1S/C31H35N3O3/c1-6-37-30(36)22-12-17-25-26(18-22)34-29(35)27(25)28(21-10-8-7-9-11-21)33-24-15-13-23(14-16-24)31(32,19(2)3)20(4)5/h7-20,33H,6,32H2,1-5H3,(H,34,35)/b28-27-. The number of rotatable bonds is 8. The molecule has 1 amide bonds. The van der Waals surface area contributed by atoms with Crippen molar-refractivity contribution in [3.05, 3.63) is 95.1 Å². The number of ether oxygens (including phenoxy) is 1. The van der Waals surface area contributed by atoms with E-state index in [-0.39, 0.29) is 24.3 Å². The monoisotopic (exact) mass is 497 g/mol. The average molecular weight is 498 g/mol. The van der Waals surface area contributed by atoms with E-state index in [0.717, 1.165) is 22.4 Å². The summed E-state index contributed by atoms with van der Waals surface area (Å²) < 4.78 is 5.12. The lowest BCUT2D eigenvalue weighted by molar-refractivity contribution is -0.110. The summed E-state index contributed by atoms with van der Waals surface area (Å²) in [6.07, 6.45) is 0. The van der Waals surface area contributed by atoms with E-state index in [2.05, 4.69) is 50.5 Å². The summed E-state index contributed by atoms with van der Waals surface area (Å²) in [6, 6.07) is 23.0.